The molecule has 0 amide bonds. The maximum absolute atomic E-state index is 12.7. The first kappa shape index (κ1) is 34.2. The summed E-state index contributed by atoms with van der Waals surface area (Å²) in [4.78, 5) is 37.4. The monoisotopic (exact) mass is 658 g/mol. The lowest BCUT2D eigenvalue weighted by atomic mass is 9.79. The number of fused-ring (bicyclic) bond motifs is 2. The molecule has 5 rings (SSSR count). The van der Waals surface area contributed by atoms with Crippen molar-refractivity contribution in [2.45, 2.75) is 95.3 Å². The van der Waals surface area contributed by atoms with Gasteiger partial charge >= 0.3 is 17.9 Å². The third-order valence-electron chi connectivity index (χ3n) is 8.63. The first-order valence-electron chi connectivity index (χ1n) is 15.2. The highest BCUT2D eigenvalue weighted by Gasteiger charge is 2.73. The second-order valence-electron chi connectivity index (χ2n) is 12.6. The van der Waals surface area contributed by atoms with E-state index in [1.54, 1.807) is 0 Å². The maximum atomic E-state index is 12.7. The molecule has 3 fully saturated rings. The van der Waals surface area contributed by atoms with Crippen LogP contribution in [0.1, 0.15) is 41.5 Å². The molecule has 0 unspecified atom stereocenters. The number of benzene rings is 2. The van der Waals surface area contributed by atoms with E-state index in [1.807, 2.05) is 36.4 Å². The number of esters is 3. The minimum atomic E-state index is -3.10. The molecule has 12 nitrogen and oxygen atoms in total. The molecule has 0 bridgehead atoms. The van der Waals surface area contributed by atoms with E-state index in [0.29, 0.717) is 0 Å². The Balaban J connectivity index is 1.65. The SMILES string of the molecule is CO[C@H]1O[C@]2([C@@H]3OCO[C@@H]3O[C@@H]2CO[Si](c2ccccc2)(c2ccccc2)C(C)(C)C)[C@@H](OC(C)=O)[C@H](OC(C)=O)[C@@H]1OC(C)=O. The molecule has 250 valence electrons. The molecule has 0 aliphatic carbocycles. The van der Waals surface area contributed by atoms with Crippen molar-refractivity contribution < 1.29 is 56.7 Å². The first-order valence-corrected chi connectivity index (χ1v) is 17.1. The summed E-state index contributed by atoms with van der Waals surface area (Å²) < 4.78 is 55.0. The van der Waals surface area contributed by atoms with Crippen LogP contribution >= 0.6 is 0 Å². The van der Waals surface area contributed by atoms with Crippen LogP contribution < -0.4 is 10.4 Å². The van der Waals surface area contributed by atoms with Gasteiger partial charge in [0.2, 0.25) is 0 Å². The van der Waals surface area contributed by atoms with Crippen LogP contribution in [0.5, 0.6) is 0 Å². The Morgan fingerprint density at radius 1 is 0.826 bits per heavy atom. The van der Waals surface area contributed by atoms with E-state index in [1.165, 1.54) is 27.9 Å². The first-order chi connectivity index (χ1) is 21.8. The lowest BCUT2D eigenvalue weighted by Crippen LogP contribution is -2.74. The fourth-order valence-electron chi connectivity index (χ4n) is 6.94. The van der Waals surface area contributed by atoms with Gasteiger partial charge in [-0.2, -0.15) is 0 Å². The molecular formula is C33H42O12Si. The number of carbonyl (C=O) groups is 3. The van der Waals surface area contributed by atoms with E-state index >= 15 is 0 Å². The predicted molar refractivity (Wildman–Crippen MR) is 164 cm³/mol. The number of rotatable bonds is 9. The summed E-state index contributed by atoms with van der Waals surface area (Å²) in [6, 6.07) is 20.1. The topological polar surface area (TPSA) is 134 Å². The average molecular weight is 659 g/mol. The number of hydrogen-bond acceptors (Lipinski definition) is 12. The standard InChI is InChI=1S/C33H42O12Si/c1-20(34)41-26-27(42-21(2)35)30(37-7)45-33(28(26)43-22(3)36)25(44-31-29(33)38-19-39-31)18-40-46(32(4,5)6,23-14-10-8-11-15-23)24-16-12-9-13-17-24/h8-17,25-31H,18-19H2,1-7H3/t25-,26-,27+,28+,29-,30+,31-,33+/m1/s1. The molecule has 0 saturated carbocycles. The van der Waals surface area contributed by atoms with E-state index < -0.39 is 74.9 Å². The Kier molecular flexibility index (Phi) is 10.0. The zero-order valence-corrected chi connectivity index (χ0v) is 28.1. The van der Waals surface area contributed by atoms with Gasteiger partial charge in [0, 0.05) is 27.9 Å². The second-order valence-corrected chi connectivity index (χ2v) is 16.9. The summed E-state index contributed by atoms with van der Waals surface area (Å²) in [5.74, 6) is -2.08. The van der Waals surface area contributed by atoms with Gasteiger partial charge in [-0.25, -0.2) is 0 Å². The van der Waals surface area contributed by atoms with Gasteiger partial charge in [0.15, 0.2) is 43.3 Å². The van der Waals surface area contributed by atoms with E-state index in [4.69, 9.17) is 42.3 Å². The van der Waals surface area contributed by atoms with E-state index in [-0.39, 0.29) is 18.4 Å². The van der Waals surface area contributed by atoms with Crippen molar-refractivity contribution in [2.24, 2.45) is 0 Å². The molecular weight excluding hydrogens is 616 g/mol. The van der Waals surface area contributed by atoms with Crippen molar-refractivity contribution in [3.8, 4) is 0 Å². The van der Waals surface area contributed by atoms with Crippen LogP contribution in [0.2, 0.25) is 5.04 Å². The molecule has 3 heterocycles. The lowest BCUT2D eigenvalue weighted by Gasteiger charge is -2.52. The smallest absolute Gasteiger partial charge is 0.303 e. The van der Waals surface area contributed by atoms with Crippen molar-refractivity contribution in [1.29, 1.82) is 0 Å². The highest BCUT2D eigenvalue weighted by molar-refractivity contribution is 6.99. The van der Waals surface area contributed by atoms with Gasteiger partial charge in [-0.15, -0.1) is 0 Å². The Morgan fingerprint density at radius 3 is 1.87 bits per heavy atom. The van der Waals surface area contributed by atoms with Crippen molar-refractivity contribution in [3.63, 3.8) is 0 Å². The van der Waals surface area contributed by atoms with Gasteiger partial charge in [-0.3, -0.25) is 14.4 Å². The summed E-state index contributed by atoms with van der Waals surface area (Å²) in [5, 5.41) is 1.71. The highest BCUT2D eigenvalue weighted by atomic mass is 28.4. The molecule has 46 heavy (non-hydrogen) atoms. The Hall–Kier alpha value is -3.17. The van der Waals surface area contributed by atoms with Crippen molar-refractivity contribution in [2.75, 3.05) is 20.5 Å². The minimum Gasteiger partial charge on any atom is -0.455 e. The fraction of sp³-hybridized carbons (Fsp3) is 0.545. The van der Waals surface area contributed by atoms with E-state index in [2.05, 4.69) is 45.0 Å². The van der Waals surface area contributed by atoms with E-state index in [9.17, 15) is 14.4 Å². The third-order valence-corrected chi connectivity index (χ3v) is 13.6. The fourth-order valence-corrected chi connectivity index (χ4v) is 11.5. The van der Waals surface area contributed by atoms with Crippen LogP contribution in [-0.4, -0.2) is 95.4 Å². The normalized spacial score (nSPS) is 30.9. The Bertz CT molecular complexity index is 1340. The summed E-state index contributed by atoms with van der Waals surface area (Å²) in [6.07, 6.45) is -8.20. The zero-order chi connectivity index (χ0) is 33.3. The van der Waals surface area contributed by atoms with Crippen molar-refractivity contribution in [3.05, 3.63) is 60.7 Å². The molecule has 0 radical (unpaired) electrons. The quantitative estimate of drug-likeness (QED) is 0.222. The Morgan fingerprint density at radius 2 is 1.37 bits per heavy atom. The maximum Gasteiger partial charge on any atom is 0.303 e. The summed E-state index contributed by atoms with van der Waals surface area (Å²) >= 11 is 0. The number of hydrogen-bond donors (Lipinski definition) is 0. The van der Waals surface area contributed by atoms with Gasteiger partial charge in [-0.05, 0) is 15.4 Å². The Labute approximate surface area is 269 Å². The van der Waals surface area contributed by atoms with Crippen LogP contribution in [0.3, 0.4) is 0 Å². The number of carbonyl (C=O) groups excluding carboxylic acids is 3. The van der Waals surface area contributed by atoms with Crippen LogP contribution in [0.15, 0.2) is 60.7 Å². The molecule has 0 aromatic heterocycles. The molecule has 3 aliphatic heterocycles. The molecule has 0 N–H and O–H groups in total. The molecule has 2 aromatic rings. The molecule has 3 saturated heterocycles. The van der Waals surface area contributed by atoms with Gasteiger partial charge in [0.1, 0.15) is 12.2 Å². The van der Waals surface area contributed by atoms with Gasteiger partial charge in [0.05, 0.1) is 6.61 Å². The number of methoxy groups -OCH3 is 1. The van der Waals surface area contributed by atoms with Crippen molar-refractivity contribution in [1.82, 2.24) is 0 Å². The third kappa shape index (κ3) is 6.12. The van der Waals surface area contributed by atoms with E-state index in [0.717, 1.165) is 10.4 Å². The second kappa shape index (κ2) is 13.5. The lowest BCUT2D eigenvalue weighted by molar-refractivity contribution is -0.353. The van der Waals surface area contributed by atoms with Crippen molar-refractivity contribution >= 4 is 36.6 Å². The summed E-state index contributed by atoms with van der Waals surface area (Å²) in [6.45, 7) is 9.86. The van der Waals surface area contributed by atoms with Gasteiger partial charge in [0.25, 0.3) is 8.32 Å². The molecule has 1 spiro atoms. The molecule has 8 atom stereocenters. The van der Waals surface area contributed by atoms with Crippen LogP contribution in [0.25, 0.3) is 0 Å². The summed E-state index contributed by atoms with van der Waals surface area (Å²) in [5.41, 5.74) is -1.68. The van der Waals surface area contributed by atoms with Gasteiger partial charge < -0.3 is 42.3 Å². The van der Waals surface area contributed by atoms with Gasteiger partial charge in [-0.1, -0.05) is 81.4 Å². The predicted octanol–water partition coefficient (Wildman–Crippen LogP) is 2.20. The molecule has 13 heteroatoms. The minimum absolute atomic E-state index is 0.0633. The summed E-state index contributed by atoms with van der Waals surface area (Å²) in [7, 11) is -1.74. The van der Waals surface area contributed by atoms with Crippen LogP contribution in [0.4, 0.5) is 0 Å². The zero-order valence-electron chi connectivity index (χ0n) is 27.1. The van der Waals surface area contributed by atoms with Crippen LogP contribution in [0, 0.1) is 0 Å². The molecule has 3 aliphatic rings. The molecule has 2 aromatic carbocycles. The highest BCUT2D eigenvalue weighted by Crippen LogP contribution is 2.50. The largest absolute Gasteiger partial charge is 0.455 e. The number of ether oxygens (including phenoxy) is 8. The van der Waals surface area contributed by atoms with Crippen LogP contribution in [-0.2, 0) is 56.7 Å². The average Bonchev–Trinajstić information content (AvgIpc) is 3.58.